The van der Waals surface area contributed by atoms with Crippen LogP contribution < -0.4 is 0 Å². The van der Waals surface area contributed by atoms with Gasteiger partial charge in [0.25, 0.3) is 5.91 Å². The van der Waals surface area contributed by atoms with Crippen LogP contribution in [0.25, 0.3) is 10.9 Å². The van der Waals surface area contributed by atoms with Gasteiger partial charge in [-0.3, -0.25) is 14.3 Å². The Hall–Kier alpha value is -2.37. The van der Waals surface area contributed by atoms with Gasteiger partial charge in [-0.2, -0.15) is 5.10 Å². The van der Waals surface area contributed by atoms with Gasteiger partial charge >= 0.3 is 5.97 Å². The summed E-state index contributed by atoms with van der Waals surface area (Å²) < 4.78 is 1.69. The molecule has 0 bridgehead atoms. The monoisotopic (exact) mass is 287 g/mol. The number of carbonyl (C=O) groups is 2. The normalized spacial score (nSPS) is 14.3. The van der Waals surface area contributed by atoms with Crippen LogP contribution in [0.5, 0.6) is 0 Å². The first-order chi connectivity index (χ1) is 10.1. The van der Waals surface area contributed by atoms with Crippen molar-refractivity contribution < 1.29 is 14.7 Å². The van der Waals surface area contributed by atoms with Crippen LogP contribution >= 0.6 is 0 Å². The molecule has 6 heteroatoms. The highest BCUT2D eigenvalue weighted by Gasteiger charge is 2.34. The quantitative estimate of drug-likeness (QED) is 0.907. The molecule has 1 saturated carbocycles. The second-order valence-electron chi connectivity index (χ2n) is 5.36. The summed E-state index contributed by atoms with van der Waals surface area (Å²) in [6.45, 7) is 0.240. The maximum Gasteiger partial charge on any atom is 0.305 e. The van der Waals surface area contributed by atoms with Gasteiger partial charge in [0.1, 0.15) is 0 Å². The number of amides is 1. The fourth-order valence-electron chi connectivity index (χ4n) is 2.56. The first-order valence-electron chi connectivity index (χ1n) is 7.02. The minimum atomic E-state index is -0.890. The van der Waals surface area contributed by atoms with Crippen molar-refractivity contribution in [2.45, 2.75) is 25.3 Å². The Morgan fingerprint density at radius 3 is 2.76 bits per heavy atom. The maximum absolute atomic E-state index is 12.7. The molecule has 2 aromatic rings. The van der Waals surface area contributed by atoms with E-state index in [2.05, 4.69) is 5.10 Å². The van der Waals surface area contributed by atoms with Gasteiger partial charge in [0.2, 0.25) is 0 Å². The largest absolute Gasteiger partial charge is 0.481 e. The molecule has 0 saturated heterocycles. The maximum atomic E-state index is 12.7. The second kappa shape index (κ2) is 5.20. The first kappa shape index (κ1) is 13.6. The van der Waals surface area contributed by atoms with Crippen LogP contribution in [0.1, 0.15) is 29.8 Å². The highest BCUT2D eigenvalue weighted by molar-refractivity contribution is 6.05. The molecule has 0 aliphatic heterocycles. The number of nitrogens with zero attached hydrogens (tertiary/aromatic N) is 3. The molecular formula is C15H17N3O3. The van der Waals surface area contributed by atoms with Crippen molar-refractivity contribution in [1.82, 2.24) is 14.7 Å². The number of para-hydroxylation sites is 1. The lowest BCUT2D eigenvalue weighted by Crippen LogP contribution is -2.35. The molecular weight excluding hydrogens is 270 g/mol. The average Bonchev–Trinajstić information content (AvgIpc) is 3.24. The summed E-state index contributed by atoms with van der Waals surface area (Å²) in [5.74, 6) is -1.06. The van der Waals surface area contributed by atoms with Gasteiger partial charge in [-0.25, -0.2) is 0 Å². The van der Waals surface area contributed by atoms with Crippen molar-refractivity contribution in [3.63, 3.8) is 0 Å². The number of carbonyl (C=O) groups excluding carboxylic acids is 1. The third kappa shape index (κ3) is 2.61. The van der Waals surface area contributed by atoms with Crippen LogP contribution in [0.2, 0.25) is 0 Å². The molecule has 1 N–H and O–H groups in total. The van der Waals surface area contributed by atoms with Crippen LogP contribution in [-0.4, -0.2) is 44.3 Å². The van der Waals surface area contributed by atoms with E-state index < -0.39 is 5.97 Å². The van der Waals surface area contributed by atoms with Gasteiger partial charge in [-0.05, 0) is 18.9 Å². The summed E-state index contributed by atoms with van der Waals surface area (Å²) >= 11 is 0. The number of aryl methyl sites for hydroxylation is 1. The topological polar surface area (TPSA) is 75.4 Å². The molecule has 110 valence electrons. The zero-order chi connectivity index (χ0) is 15.0. The van der Waals surface area contributed by atoms with Crippen LogP contribution in [0.3, 0.4) is 0 Å². The molecule has 1 amide bonds. The third-order valence-corrected chi connectivity index (χ3v) is 3.78. The van der Waals surface area contributed by atoms with Crippen molar-refractivity contribution >= 4 is 22.8 Å². The smallest absolute Gasteiger partial charge is 0.305 e. The molecule has 1 aromatic carbocycles. The van der Waals surface area contributed by atoms with Crippen LogP contribution in [0, 0.1) is 0 Å². The molecule has 1 aliphatic carbocycles. The Bertz CT molecular complexity index is 703. The number of rotatable bonds is 5. The minimum Gasteiger partial charge on any atom is -0.481 e. The van der Waals surface area contributed by atoms with Gasteiger partial charge < -0.3 is 10.0 Å². The number of hydrogen-bond acceptors (Lipinski definition) is 3. The second-order valence-corrected chi connectivity index (χ2v) is 5.36. The number of carboxylic acids is 1. The summed E-state index contributed by atoms with van der Waals surface area (Å²) in [4.78, 5) is 25.1. The molecule has 1 heterocycles. The SMILES string of the molecule is Cn1nc(C(=O)N(CCC(=O)O)C2CC2)c2ccccc21. The van der Waals surface area contributed by atoms with Gasteiger partial charge in [-0.15, -0.1) is 0 Å². The molecule has 1 fully saturated rings. The van der Waals surface area contributed by atoms with E-state index in [0.29, 0.717) is 5.69 Å². The number of benzene rings is 1. The fraction of sp³-hybridized carbons (Fsp3) is 0.400. The van der Waals surface area contributed by atoms with Crippen LogP contribution in [0.15, 0.2) is 24.3 Å². The first-order valence-corrected chi connectivity index (χ1v) is 7.02. The van der Waals surface area contributed by atoms with E-state index in [4.69, 9.17) is 5.11 Å². The molecule has 1 aromatic heterocycles. The molecule has 0 atom stereocenters. The van der Waals surface area contributed by atoms with Gasteiger partial charge in [0.15, 0.2) is 5.69 Å². The van der Waals surface area contributed by atoms with E-state index in [9.17, 15) is 9.59 Å². The van der Waals surface area contributed by atoms with E-state index in [0.717, 1.165) is 23.7 Å². The minimum absolute atomic E-state index is 0.0347. The van der Waals surface area contributed by atoms with Crippen LogP contribution in [0.4, 0.5) is 0 Å². The number of aromatic nitrogens is 2. The summed E-state index contributed by atoms with van der Waals surface area (Å²) in [5, 5.41) is 14.0. The Labute approximate surface area is 122 Å². The third-order valence-electron chi connectivity index (χ3n) is 3.78. The lowest BCUT2D eigenvalue weighted by Gasteiger charge is -2.20. The Morgan fingerprint density at radius 1 is 1.38 bits per heavy atom. The van der Waals surface area contributed by atoms with Gasteiger partial charge in [0, 0.05) is 25.0 Å². The van der Waals surface area contributed by atoms with Crippen molar-refractivity contribution in [2.24, 2.45) is 7.05 Å². The fourth-order valence-corrected chi connectivity index (χ4v) is 2.56. The predicted octanol–water partition coefficient (Wildman–Crippen LogP) is 1.65. The Morgan fingerprint density at radius 2 is 2.10 bits per heavy atom. The van der Waals surface area contributed by atoms with Crippen molar-refractivity contribution in [3.05, 3.63) is 30.0 Å². The van der Waals surface area contributed by atoms with E-state index in [1.165, 1.54) is 0 Å². The Balaban J connectivity index is 1.92. The average molecular weight is 287 g/mol. The molecule has 0 unspecified atom stereocenters. The zero-order valence-electron chi connectivity index (χ0n) is 11.8. The number of aliphatic carboxylic acids is 1. The molecule has 3 rings (SSSR count). The van der Waals surface area contributed by atoms with Crippen molar-refractivity contribution in [3.8, 4) is 0 Å². The van der Waals surface area contributed by atoms with E-state index in [1.54, 1.807) is 16.6 Å². The van der Waals surface area contributed by atoms with Gasteiger partial charge in [0.05, 0.1) is 11.9 Å². The van der Waals surface area contributed by atoms with E-state index in [1.807, 2.05) is 24.3 Å². The molecule has 1 aliphatic rings. The summed E-state index contributed by atoms with van der Waals surface area (Å²) in [6.07, 6.45) is 1.85. The molecule has 0 spiro atoms. The zero-order valence-corrected chi connectivity index (χ0v) is 11.8. The number of hydrogen-bond donors (Lipinski definition) is 1. The van der Waals surface area contributed by atoms with Crippen molar-refractivity contribution in [1.29, 1.82) is 0 Å². The predicted molar refractivity (Wildman–Crippen MR) is 77.0 cm³/mol. The van der Waals surface area contributed by atoms with Crippen molar-refractivity contribution in [2.75, 3.05) is 6.54 Å². The Kier molecular flexibility index (Phi) is 3.37. The van der Waals surface area contributed by atoms with E-state index >= 15 is 0 Å². The highest BCUT2D eigenvalue weighted by Crippen LogP contribution is 2.29. The summed E-state index contributed by atoms with van der Waals surface area (Å²) in [5.41, 5.74) is 1.31. The molecule has 21 heavy (non-hydrogen) atoms. The number of carboxylic acid groups (broad SMARTS) is 1. The summed E-state index contributed by atoms with van der Waals surface area (Å²) in [7, 11) is 1.80. The summed E-state index contributed by atoms with van der Waals surface area (Å²) in [6, 6.07) is 7.73. The highest BCUT2D eigenvalue weighted by atomic mass is 16.4. The molecule has 0 radical (unpaired) electrons. The van der Waals surface area contributed by atoms with Crippen LogP contribution in [-0.2, 0) is 11.8 Å². The van der Waals surface area contributed by atoms with Gasteiger partial charge in [-0.1, -0.05) is 18.2 Å². The lowest BCUT2D eigenvalue weighted by molar-refractivity contribution is -0.137. The van der Waals surface area contributed by atoms with E-state index in [-0.39, 0.29) is 24.9 Å². The lowest BCUT2D eigenvalue weighted by atomic mass is 10.2. The number of fused-ring (bicyclic) bond motifs is 1. The standard InChI is InChI=1S/C15H17N3O3/c1-17-12-5-3-2-4-11(12)14(16-17)15(21)18(10-6-7-10)9-8-13(19)20/h2-5,10H,6-9H2,1H3,(H,19,20). The molecule has 6 nitrogen and oxygen atoms in total.